The van der Waals surface area contributed by atoms with Gasteiger partial charge in [-0.15, -0.1) is 0 Å². The molecule has 0 aliphatic carbocycles. The van der Waals surface area contributed by atoms with Crippen molar-refractivity contribution in [2.75, 3.05) is 5.32 Å². The van der Waals surface area contributed by atoms with Crippen LogP contribution in [0.2, 0.25) is 0 Å². The highest BCUT2D eigenvalue weighted by atomic mass is 16.3. The molecule has 1 amide bonds. The fraction of sp³-hybridized carbons (Fsp3) is 0. The first kappa shape index (κ1) is 14.9. The van der Waals surface area contributed by atoms with Crippen molar-refractivity contribution < 1.29 is 9.21 Å². The lowest BCUT2D eigenvalue weighted by Gasteiger charge is -2.02. The topological polar surface area (TPSA) is 88.0 Å². The maximum absolute atomic E-state index is 12.4. The van der Waals surface area contributed by atoms with Gasteiger partial charge in [0, 0.05) is 17.1 Å². The van der Waals surface area contributed by atoms with Crippen LogP contribution in [0, 0.1) is 0 Å². The van der Waals surface area contributed by atoms with Gasteiger partial charge in [-0.3, -0.25) is 14.7 Å². The number of nitrogens with zero attached hydrogens (tertiary/aromatic N) is 1. The Morgan fingerprint density at radius 1 is 1.20 bits per heavy atom. The van der Waals surface area contributed by atoms with Crippen LogP contribution in [0.5, 0.6) is 0 Å². The van der Waals surface area contributed by atoms with E-state index >= 15 is 0 Å². The van der Waals surface area contributed by atoms with Gasteiger partial charge in [-0.2, -0.15) is 5.10 Å². The smallest absolute Gasteiger partial charge is 0.248 e. The second kappa shape index (κ2) is 6.09. The standard InChI is InChI=1S/C19H13N3O3/c23-18(21-14-7-5-12-10-20-22-16(12)9-14)8-6-13-11-25-17-4-2-1-3-15(17)19(13)24/h1-11H,(H,20,22)(H,21,23)/b8-6+. The fourth-order valence-electron chi connectivity index (χ4n) is 2.57. The Labute approximate surface area is 141 Å². The summed E-state index contributed by atoms with van der Waals surface area (Å²) in [7, 11) is 0. The summed E-state index contributed by atoms with van der Waals surface area (Å²) in [6.45, 7) is 0. The number of hydrogen-bond donors (Lipinski definition) is 2. The molecule has 4 rings (SSSR count). The van der Waals surface area contributed by atoms with Gasteiger partial charge in [-0.1, -0.05) is 12.1 Å². The Balaban J connectivity index is 1.55. The first-order valence-corrected chi connectivity index (χ1v) is 7.63. The molecule has 2 N–H and O–H groups in total. The molecule has 2 aromatic heterocycles. The van der Waals surface area contributed by atoms with Gasteiger partial charge in [-0.05, 0) is 36.4 Å². The summed E-state index contributed by atoms with van der Waals surface area (Å²) < 4.78 is 5.42. The van der Waals surface area contributed by atoms with E-state index in [2.05, 4.69) is 15.5 Å². The molecule has 0 radical (unpaired) electrons. The molecule has 0 spiro atoms. The van der Waals surface area contributed by atoms with Gasteiger partial charge in [-0.25, -0.2) is 0 Å². The lowest BCUT2D eigenvalue weighted by Crippen LogP contribution is -2.09. The van der Waals surface area contributed by atoms with Crippen molar-refractivity contribution in [3.05, 3.63) is 76.8 Å². The molecular formula is C19H13N3O3. The number of aromatic amines is 1. The van der Waals surface area contributed by atoms with Crippen LogP contribution < -0.4 is 10.7 Å². The van der Waals surface area contributed by atoms with Crippen molar-refractivity contribution in [3.8, 4) is 0 Å². The maximum atomic E-state index is 12.4. The van der Waals surface area contributed by atoms with Gasteiger partial charge in [0.1, 0.15) is 11.8 Å². The molecule has 6 heteroatoms. The number of nitrogens with one attached hydrogen (secondary N) is 2. The Kier molecular flexibility index (Phi) is 3.63. The highest BCUT2D eigenvalue weighted by molar-refractivity contribution is 6.03. The molecule has 0 fully saturated rings. The molecule has 4 aromatic rings. The van der Waals surface area contributed by atoms with E-state index in [0.717, 1.165) is 10.9 Å². The van der Waals surface area contributed by atoms with E-state index in [4.69, 9.17) is 4.42 Å². The summed E-state index contributed by atoms with van der Waals surface area (Å²) in [5, 5.41) is 11.0. The fourth-order valence-corrected chi connectivity index (χ4v) is 2.57. The SMILES string of the molecule is O=C(/C=C/c1coc2ccccc2c1=O)Nc1ccc2cn[nH]c2c1. The van der Waals surface area contributed by atoms with Crippen LogP contribution >= 0.6 is 0 Å². The van der Waals surface area contributed by atoms with Gasteiger partial charge in [0.15, 0.2) is 5.43 Å². The Morgan fingerprint density at radius 2 is 2.08 bits per heavy atom. The van der Waals surface area contributed by atoms with Crippen LogP contribution in [0.3, 0.4) is 0 Å². The van der Waals surface area contributed by atoms with Crippen LogP contribution in [-0.4, -0.2) is 16.1 Å². The minimum absolute atomic E-state index is 0.176. The first-order valence-electron chi connectivity index (χ1n) is 7.63. The number of amides is 1. The van der Waals surface area contributed by atoms with Crippen molar-refractivity contribution in [3.63, 3.8) is 0 Å². The van der Waals surface area contributed by atoms with Crippen LogP contribution in [0.1, 0.15) is 5.56 Å². The van der Waals surface area contributed by atoms with Gasteiger partial charge >= 0.3 is 0 Å². The zero-order valence-corrected chi connectivity index (χ0v) is 13.0. The van der Waals surface area contributed by atoms with Gasteiger partial charge < -0.3 is 9.73 Å². The minimum atomic E-state index is -0.341. The van der Waals surface area contributed by atoms with Crippen molar-refractivity contribution in [1.82, 2.24) is 10.2 Å². The van der Waals surface area contributed by atoms with Crippen molar-refractivity contribution in [2.45, 2.75) is 0 Å². The molecule has 2 heterocycles. The molecule has 6 nitrogen and oxygen atoms in total. The summed E-state index contributed by atoms with van der Waals surface area (Å²) in [6.07, 6.45) is 5.81. The van der Waals surface area contributed by atoms with Crippen LogP contribution in [0.25, 0.3) is 27.9 Å². The maximum Gasteiger partial charge on any atom is 0.248 e. The number of rotatable bonds is 3. The van der Waals surface area contributed by atoms with E-state index in [1.165, 1.54) is 18.4 Å². The predicted molar refractivity (Wildman–Crippen MR) is 96.2 cm³/mol. The number of H-pyrrole nitrogens is 1. The number of fused-ring (bicyclic) bond motifs is 2. The quantitative estimate of drug-likeness (QED) is 0.564. The Hall–Kier alpha value is -3.67. The number of hydrogen-bond acceptors (Lipinski definition) is 4. The molecule has 0 aliphatic heterocycles. The predicted octanol–water partition coefficient (Wildman–Crippen LogP) is 3.32. The third-order valence-electron chi connectivity index (χ3n) is 3.83. The molecule has 0 atom stereocenters. The van der Waals surface area contributed by atoms with Gasteiger partial charge in [0.25, 0.3) is 0 Å². The molecule has 0 aliphatic rings. The highest BCUT2D eigenvalue weighted by Crippen LogP contribution is 2.16. The third-order valence-corrected chi connectivity index (χ3v) is 3.83. The largest absolute Gasteiger partial charge is 0.463 e. The zero-order valence-electron chi connectivity index (χ0n) is 13.0. The molecular weight excluding hydrogens is 318 g/mol. The number of carbonyl (C=O) groups is 1. The van der Waals surface area contributed by atoms with Crippen LogP contribution in [0.4, 0.5) is 5.69 Å². The van der Waals surface area contributed by atoms with Crippen molar-refractivity contribution in [2.24, 2.45) is 0 Å². The monoisotopic (exact) mass is 331 g/mol. The normalized spacial score (nSPS) is 11.4. The van der Waals surface area contributed by atoms with Crippen molar-refractivity contribution >= 4 is 39.5 Å². The summed E-state index contributed by atoms with van der Waals surface area (Å²) in [4.78, 5) is 24.4. The molecule has 25 heavy (non-hydrogen) atoms. The van der Waals surface area contributed by atoms with E-state index in [1.54, 1.807) is 42.6 Å². The van der Waals surface area contributed by atoms with E-state index in [-0.39, 0.29) is 11.3 Å². The molecule has 0 saturated heterocycles. The number of para-hydroxylation sites is 1. The van der Waals surface area contributed by atoms with E-state index in [0.29, 0.717) is 22.2 Å². The Morgan fingerprint density at radius 3 is 3.00 bits per heavy atom. The summed E-state index contributed by atoms with van der Waals surface area (Å²) in [6, 6.07) is 12.4. The van der Waals surface area contributed by atoms with Crippen LogP contribution in [0.15, 0.2) is 70.2 Å². The van der Waals surface area contributed by atoms with E-state index in [1.807, 2.05) is 6.07 Å². The van der Waals surface area contributed by atoms with Crippen molar-refractivity contribution in [1.29, 1.82) is 0 Å². The molecule has 122 valence electrons. The van der Waals surface area contributed by atoms with Gasteiger partial charge in [0.05, 0.1) is 22.7 Å². The first-order chi connectivity index (χ1) is 12.2. The van der Waals surface area contributed by atoms with E-state index < -0.39 is 0 Å². The highest BCUT2D eigenvalue weighted by Gasteiger charge is 2.05. The number of benzene rings is 2. The second-order valence-corrected chi connectivity index (χ2v) is 5.51. The van der Waals surface area contributed by atoms with Gasteiger partial charge in [0.2, 0.25) is 5.91 Å². The summed E-state index contributed by atoms with van der Waals surface area (Å²) >= 11 is 0. The average Bonchev–Trinajstić information content (AvgIpc) is 3.09. The average molecular weight is 331 g/mol. The third kappa shape index (κ3) is 2.92. The minimum Gasteiger partial charge on any atom is -0.463 e. The molecule has 0 saturated carbocycles. The zero-order chi connectivity index (χ0) is 17.2. The molecule has 0 bridgehead atoms. The second-order valence-electron chi connectivity index (χ2n) is 5.51. The molecule has 2 aromatic carbocycles. The van der Waals surface area contributed by atoms with E-state index in [9.17, 15) is 9.59 Å². The van der Waals surface area contributed by atoms with Crippen LogP contribution in [-0.2, 0) is 4.79 Å². The summed E-state index contributed by atoms with van der Waals surface area (Å²) in [5.74, 6) is -0.341. The number of carbonyl (C=O) groups excluding carboxylic acids is 1. The lowest BCUT2D eigenvalue weighted by atomic mass is 10.1. The lowest BCUT2D eigenvalue weighted by molar-refractivity contribution is -0.111. The summed E-state index contributed by atoms with van der Waals surface area (Å²) in [5.41, 5.74) is 2.12. The Bertz CT molecular complexity index is 1170. The number of anilines is 1. The number of aromatic nitrogens is 2. The molecule has 0 unspecified atom stereocenters.